The second-order valence-corrected chi connectivity index (χ2v) is 5.89. The van der Waals surface area contributed by atoms with Crippen LogP contribution in [0.3, 0.4) is 0 Å². The molecule has 2 heterocycles. The van der Waals surface area contributed by atoms with Crippen LogP contribution in [0.5, 0.6) is 0 Å². The molecule has 2 aromatic heterocycles. The minimum atomic E-state index is -0.168. The Kier molecular flexibility index (Phi) is 3.78. The van der Waals surface area contributed by atoms with E-state index >= 15 is 0 Å². The number of aromatic nitrogens is 1. The maximum Gasteiger partial charge on any atom is 0.267 e. The first-order valence-corrected chi connectivity index (χ1v) is 6.93. The van der Waals surface area contributed by atoms with E-state index in [1.165, 1.54) is 28.7 Å². The Hall–Kier alpha value is -1.66. The zero-order valence-electron chi connectivity index (χ0n) is 9.97. The van der Waals surface area contributed by atoms with E-state index < -0.39 is 0 Å². The third-order valence-corrected chi connectivity index (χ3v) is 3.92. The average molecular weight is 280 g/mol. The van der Waals surface area contributed by atoms with E-state index in [2.05, 4.69) is 4.98 Å². The third-order valence-electron chi connectivity index (χ3n) is 2.08. The van der Waals surface area contributed by atoms with Gasteiger partial charge in [0.05, 0.1) is 9.54 Å². The number of nitrogens with zero attached hydrogens (tertiary/aromatic N) is 1. The van der Waals surface area contributed by atoms with Gasteiger partial charge in [-0.3, -0.25) is 9.59 Å². The van der Waals surface area contributed by atoms with Crippen molar-refractivity contribution in [2.75, 3.05) is 14.1 Å². The van der Waals surface area contributed by atoms with E-state index in [0.29, 0.717) is 14.1 Å². The second kappa shape index (κ2) is 5.32. The van der Waals surface area contributed by atoms with Crippen LogP contribution < -0.4 is 14.8 Å². The van der Waals surface area contributed by atoms with Crippen molar-refractivity contribution in [2.45, 2.75) is 0 Å². The number of rotatable bonds is 3. The van der Waals surface area contributed by atoms with E-state index in [9.17, 15) is 9.59 Å². The number of ketones is 1. The van der Waals surface area contributed by atoms with Crippen LogP contribution in [0, 0.1) is 0 Å². The van der Waals surface area contributed by atoms with Gasteiger partial charge in [0, 0.05) is 26.4 Å². The van der Waals surface area contributed by atoms with Gasteiger partial charge in [-0.15, -0.1) is 22.7 Å². The lowest BCUT2D eigenvalue weighted by Crippen LogP contribution is -2.22. The standard InChI is InChI=1S/C12H12N2O2S2/c1-14(2)7-10-12(16)13-11(18-10)6-8(15)9-4-3-5-17-9/h3-7H,1-2H3,(H,13,16). The van der Waals surface area contributed by atoms with Gasteiger partial charge < -0.3 is 9.88 Å². The summed E-state index contributed by atoms with van der Waals surface area (Å²) < 4.78 is 1.16. The molecule has 94 valence electrons. The summed E-state index contributed by atoms with van der Waals surface area (Å²) >= 11 is 2.66. The number of nitrogens with one attached hydrogen (secondary N) is 1. The monoisotopic (exact) mass is 280 g/mol. The van der Waals surface area contributed by atoms with Gasteiger partial charge in [-0.25, -0.2) is 0 Å². The molecule has 0 aliphatic heterocycles. The lowest BCUT2D eigenvalue weighted by molar-refractivity contribution is 0.106. The normalized spacial score (nSPS) is 13.0. The Labute approximate surface area is 112 Å². The summed E-state index contributed by atoms with van der Waals surface area (Å²) in [5.41, 5.74) is -0.168. The molecular formula is C12H12N2O2S2. The molecule has 0 radical (unpaired) electrons. The summed E-state index contributed by atoms with van der Waals surface area (Å²) in [6.45, 7) is 0. The second-order valence-electron chi connectivity index (χ2n) is 3.86. The van der Waals surface area contributed by atoms with Crippen LogP contribution in [0.4, 0.5) is 0 Å². The number of H-pyrrole nitrogens is 1. The number of Topliss-reactive ketones (excluding diaryl/α,β-unsaturated/α-hetero) is 1. The SMILES string of the molecule is CN(C)C=c1sc(=CC(=O)c2cccs2)[nH]c1=O. The highest BCUT2D eigenvalue weighted by molar-refractivity contribution is 7.12. The third kappa shape index (κ3) is 2.96. The Morgan fingerprint density at radius 2 is 2.22 bits per heavy atom. The Balaban J connectivity index is 2.42. The first-order valence-electron chi connectivity index (χ1n) is 5.23. The highest BCUT2D eigenvalue weighted by Gasteiger charge is 2.03. The largest absolute Gasteiger partial charge is 0.382 e. The first kappa shape index (κ1) is 12.8. The molecule has 0 unspecified atom stereocenters. The average Bonchev–Trinajstić information content (AvgIpc) is 2.89. The minimum absolute atomic E-state index is 0.0843. The summed E-state index contributed by atoms with van der Waals surface area (Å²) in [7, 11) is 3.69. The Bertz CT molecular complexity index is 708. The van der Waals surface area contributed by atoms with Crippen molar-refractivity contribution in [3.8, 4) is 0 Å². The van der Waals surface area contributed by atoms with Crippen LogP contribution in [0.1, 0.15) is 9.67 Å². The van der Waals surface area contributed by atoms with Gasteiger partial charge in [0.25, 0.3) is 5.56 Å². The van der Waals surface area contributed by atoms with Crippen molar-refractivity contribution in [2.24, 2.45) is 0 Å². The van der Waals surface area contributed by atoms with Crippen molar-refractivity contribution >= 4 is 40.7 Å². The van der Waals surface area contributed by atoms with Gasteiger partial charge >= 0.3 is 0 Å². The van der Waals surface area contributed by atoms with Crippen molar-refractivity contribution in [1.29, 1.82) is 0 Å². The molecule has 0 atom stereocenters. The predicted molar refractivity (Wildman–Crippen MR) is 75.5 cm³/mol. The lowest BCUT2D eigenvalue weighted by atomic mass is 10.3. The number of thiophene rings is 1. The van der Waals surface area contributed by atoms with Gasteiger partial charge in [0.1, 0.15) is 4.53 Å². The van der Waals surface area contributed by atoms with Crippen LogP contribution in [0.15, 0.2) is 22.3 Å². The van der Waals surface area contributed by atoms with Gasteiger partial charge in [-0.05, 0) is 11.4 Å². The summed E-state index contributed by atoms with van der Waals surface area (Å²) in [4.78, 5) is 28.6. The van der Waals surface area contributed by atoms with Crippen LogP contribution in [0.25, 0.3) is 12.3 Å². The minimum Gasteiger partial charge on any atom is -0.382 e. The molecule has 2 rings (SSSR count). The van der Waals surface area contributed by atoms with E-state index in [-0.39, 0.29) is 11.3 Å². The molecule has 0 saturated heterocycles. The molecule has 18 heavy (non-hydrogen) atoms. The molecule has 0 aromatic carbocycles. The van der Waals surface area contributed by atoms with Gasteiger partial charge in [-0.1, -0.05) is 6.07 Å². The van der Waals surface area contributed by atoms with Crippen LogP contribution in [-0.2, 0) is 0 Å². The first-order chi connectivity index (χ1) is 8.56. The molecule has 1 N–H and O–H groups in total. The molecule has 6 heteroatoms. The fraction of sp³-hybridized carbons (Fsp3) is 0.167. The van der Waals surface area contributed by atoms with Crippen LogP contribution in [-0.4, -0.2) is 29.8 Å². The van der Waals surface area contributed by atoms with Crippen molar-refractivity contribution < 1.29 is 4.79 Å². The van der Waals surface area contributed by atoms with Gasteiger partial charge in [-0.2, -0.15) is 0 Å². The molecule has 2 aromatic rings. The van der Waals surface area contributed by atoms with Gasteiger partial charge in [0.2, 0.25) is 0 Å². The smallest absolute Gasteiger partial charge is 0.267 e. The predicted octanol–water partition coefficient (Wildman–Crippen LogP) is 0.461. The molecule has 0 saturated carbocycles. The summed E-state index contributed by atoms with van der Waals surface area (Å²) in [5, 5.41) is 1.85. The number of aromatic amines is 1. The molecule has 0 spiro atoms. The van der Waals surface area contributed by atoms with E-state index in [4.69, 9.17) is 0 Å². The van der Waals surface area contributed by atoms with E-state index in [1.807, 2.05) is 25.5 Å². The number of carbonyl (C=O) groups excluding carboxylic acids is 1. The van der Waals surface area contributed by atoms with E-state index in [1.54, 1.807) is 17.2 Å². The molecule has 0 aliphatic carbocycles. The maximum absolute atomic E-state index is 11.8. The number of thiazole rings is 1. The Morgan fingerprint density at radius 1 is 1.44 bits per heavy atom. The summed E-state index contributed by atoms with van der Waals surface area (Å²) in [5.74, 6) is -0.0843. The van der Waals surface area contributed by atoms with Crippen LogP contribution >= 0.6 is 22.7 Å². The lowest BCUT2D eigenvalue weighted by Gasteiger charge is -1.99. The van der Waals surface area contributed by atoms with Crippen LogP contribution in [0.2, 0.25) is 0 Å². The van der Waals surface area contributed by atoms with E-state index in [0.717, 1.165) is 0 Å². The summed E-state index contributed by atoms with van der Waals surface area (Å²) in [6, 6.07) is 3.59. The van der Waals surface area contributed by atoms with Gasteiger partial charge in [0.15, 0.2) is 5.78 Å². The summed E-state index contributed by atoms with van der Waals surface area (Å²) in [6.07, 6.45) is 3.20. The Morgan fingerprint density at radius 3 is 2.83 bits per heavy atom. The number of carbonyl (C=O) groups is 1. The molecule has 0 fully saturated rings. The molecular weight excluding hydrogens is 268 g/mol. The number of hydrogen-bond donors (Lipinski definition) is 1. The maximum atomic E-state index is 11.8. The fourth-order valence-corrected chi connectivity index (χ4v) is 2.95. The molecule has 0 amide bonds. The van der Waals surface area contributed by atoms with Crippen molar-refractivity contribution in [3.63, 3.8) is 0 Å². The highest BCUT2D eigenvalue weighted by Crippen LogP contribution is 2.09. The topological polar surface area (TPSA) is 53.2 Å². The number of hydrogen-bond acceptors (Lipinski definition) is 5. The zero-order valence-corrected chi connectivity index (χ0v) is 11.6. The molecule has 0 bridgehead atoms. The zero-order chi connectivity index (χ0) is 13.1. The van der Waals surface area contributed by atoms with Crippen molar-refractivity contribution in [1.82, 2.24) is 9.88 Å². The molecule has 0 aliphatic rings. The molecule has 4 nitrogen and oxygen atoms in total. The van der Waals surface area contributed by atoms with Crippen molar-refractivity contribution in [3.05, 3.63) is 41.9 Å². The quantitative estimate of drug-likeness (QED) is 0.831. The fourth-order valence-electron chi connectivity index (χ4n) is 1.36. The highest BCUT2D eigenvalue weighted by atomic mass is 32.1.